The van der Waals surface area contributed by atoms with Crippen LogP contribution in [0.25, 0.3) is 0 Å². The third-order valence-electron chi connectivity index (χ3n) is 4.20. The fourth-order valence-corrected chi connectivity index (χ4v) is 2.85. The zero-order valence-corrected chi connectivity index (χ0v) is 16.9. The number of hydrogen-bond acceptors (Lipinski definition) is 5. The minimum atomic E-state index is -0.229. The Labute approximate surface area is 165 Å². The minimum Gasteiger partial charge on any atom is -0.493 e. The molecule has 1 N–H and O–H groups in total. The van der Waals surface area contributed by atoms with Crippen LogP contribution in [0.5, 0.6) is 17.2 Å². The van der Waals surface area contributed by atoms with Gasteiger partial charge in [0.25, 0.3) is 0 Å². The maximum Gasteiger partial charge on any atom is 0.226 e. The molecule has 2 aromatic carbocycles. The van der Waals surface area contributed by atoms with E-state index in [2.05, 4.69) is 5.32 Å². The molecule has 0 saturated heterocycles. The molecular formula is C21H26N2O5. The van der Waals surface area contributed by atoms with E-state index in [0.29, 0.717) is 22.9 Å². The average Bonchev–Trinajstić information content (AvgIpc) is 2.67. The maximum absolute atomic E-state index is 12.4. The standard InChI is InChI=1S/C21H26N2O5/c1-14-7-6-8-17(11-14)23(15(2)24)10-9-20(25)22-16-12-18(26-3)21(28-5)19(13-16)27-4/h6-8,11-13H,9-10H2,1-5H3,(H,22,25). The first-order chi connectivity index (χ1) is 13.4. The predicted molar refractivity (Wildman–Crippen MR) is 109 cm³/mol. The molecule has 0 aliphatic carbocycles. The highest BCUT2D eigenvalue weighted by atomic mass is 16.5. The van der Waals surface area contributed by atoms with Gasteiger partial charge in [-0.3, -0.25) is 9.59 Å². The highest BCUT2D eigenvalue weighted by molar-refractivity contribution is 5.95. The molecule has 0 heterocycles. The molecule has 0 atom stereocenters. The summed E-state index contributed by atoms with van der Waals surface area (Å²) in [5.41, 5.74) is 2.34. The number of hydrogen-bond donors (Lipinski definition) is 1. The van der Waals surface area contributed by atoms with Gasteiger partial charge in [-0.05, 0) is 24.6 Å². The molecule has 0 unspecified atom stereocenters. The number of carbonyl (C=O) groups is 2. The second-order valence-corrected chi connectivity index (χ2v) is 6.22. The van der Waals surface area contributed by atoms with Gasteiger partial charge in [-0.1, -0.05) is 12.1 Å². The summed E-state index contributed by atoms with van der Waals surface area (Å²) < 4.78 is 15.9. The zero-order chi connectivity index (χ0) is 20.7. The third-order valence-corrected chi connectivity index (χ3v) is 4.20. The topological polar surface area (TPSA) is 77.1 Å². The zero-order valence-electron chi connectivity index (χ0n) is 16.9. The van der Waals surface area contributed by atoms with Gasteiger partial charge in [0.2, 0.25) is 17.6 Å². The average molecular weight is 386 g/mol. The van der Waals surface area contributed by atoms with Crippen LogP contribution < -0.4 is 24.4 Å². The largest absolute Gasteiger partial charge is 0.493 e. The molecule has 7 nitrogen and oxygen atoms in total. The number of benzene rings is 2. The van der Waals surface area contributed by atoms with Gasteiger partial charge in [0.1, 0.15) is 0 Å². The van der Waals surface area contributed by atoms with E-state index in [0.717, 1.165) is 11.3 Å². The Balaban J connectivity index is 2.10. The molecule has 28 heavy (non-hydrogen) atoms. The first-order valence-corrected chi connectivity index (χ1v) is 8.84. The number of ether oxygens (including phenoxy) is 3. The van der Waals surface area contributed by atoms with Crippen molar-refractivity contribution in [3.05, 3.63) is 42.0 Å². The van der Waals surface area contributed by atoms with Crippen molar-refractivity contribution in [3.8, 4) is 17.2 Å². The molecule has 2 amide bonds. The molecule has 0 aromatic heterocycles. The number of nitrogens with zero attached hydrogens (tertiary/aromatic N) is 1. The van der Waals surface area contributed by atoms with Crippen LogP contribution in [0.3, 0.4) is 0 Å². The summed E-state index contributed by atoms with van der Waals surface area (Å²) in [6.07, 6.45) is 0.143. The van der Waals surface area contributed by atoms with Crippen molar-refractivity contribution < 1.29 is 23.8 Å². The molecule has 0 aliphatic heterocycles. The molecule has 0 fully saturated rings. The smallest absolute Gasteiger partial charge is 0.226 e. The second kappa shape index (κ2) is 9.64. The van der Waals surface area contributed by atoms with E-state index < -0.39 is 0 Å². The van der Waals surface area contributed by atoms with Gasteiger partial charge in [-0.2, -0.15) is 0 Å². The number of amides is 2. The van der Waals surface area contributed by atoms with E-state index in [-0.39, 0.29) is 24.8 Å². The lowest BCUT2D eigenvalue weighted by Crippen LogP contribution is -2.32. The van der Waals surface area contributed by atoms with Crippen LogP contribution >= 0.6 is 0 Å². The van der Waals surface area contributed by atoms with Gasteiger partial charge < -0.3 is 24.4 Å². The quantitative estimate of drug-likeness (QED) is 0.752. The van der Waals surface area contributed by atoms with Gasteiger partial charge in [0.15, 0.2) is 11.5 Å². The lowest BCUT2D eigenvalue weighted by molar-refractivity contribution is -0.117. The molecule has 0 aliphatic rings. The number of methoxy groups -OCH3 is 3. The van der Waals surface area contributed by atoms with Crippen LogP contribution in [0.2, 0.25) is 0 Å². The van der Waals surface area contributed by atoms with Crippen molar-refractivity contribution in [3.63, 3.8) is 0 Å². The van der Waals surface area contributed by atoms with Gasteiger partial charge in [-0.25, -0.2) is 0 Å². The van der Waals surface area contributed by atoms with Crippen molar-refractivity contribution in [2.75, 3.05) is 38.1 Å². The molecule has 2 rings (SSSR count). The first kappa shape index (κ1) is 21.1. The molecule has 0 bridgehead atoms. The van der Waals surface area contributed by atoms with Crippen LogP contribution in [-0.2, 0) is 9.59 Å². The number of carbonyl (C=O) groups excluding carboxylic acids is 2. The molecule has 2 aromatic rings. The number of aryl methyl sites for hydroxylation is 1. The summed E-state index contributed by atoms with van der Waals surface area (Å²) in [5.74, 6) is 0.995. The summed E-state index contributed by atoms with van der Waals surface area (Å²) >= 11 is 0. The van der Waals surface area contributed by atoms with Crippen molar-refractivity contribution in [2.24, 2.45) is 0 Å². The summed E-state index contributed by atoms with van der Waals surface area (Å²) in [6.45, 7) is 3.72. The number of nitrogens with one attached hydrogen (secondary N) is 1. The lowest BCUT2D eigenvalue weighted by atomic mass is 10.2. The molecular weight excluding hydrogens is 360 g/mol. The van der Waals surface area contributed by atoms with Crippen LogP contribution in [0, 0.1) is 6.92 Å². The molecule has 0 spiro atoms. The van der Waals surface area contributed by atoms with Gasteiger partial charge in [0.05, 0.1) is 21.3 Å². The van der Waals surface area contributed by atoms with Crippen LogP contribution in [0.15, 0.2) is 36.4 Å². The summed E-state index contributed by atoms with van der Waals surface area (Å²) in [4.78, 5) is 26.0. The van der Waals surface area contributed by atoms with E-state index in [1.807, 2.05) is 31.2 Å². The molecule has 7 heteroatoms. The Morgan fingerprint density at radius 3 is 2.14 bits per heavy atom. The van der Waals surface area contributed by atoms with E-state index in [1.165, 1.54) is 28.3 Å². The Morgan fingerprint density at radius 2 is 1.64 bits per heavy atom. The monoisotopic (exact) mass is 386 g/mol. The maximum atomic E-state index is 12.4. The minimum absolute atomic E-state index is 0.119. The normalized spacial score (nSPS) is 10.2. The van der Waals surface area contributed by atoms with Crippen LogP contribution in [0.1, 0.15) is 18.9 Å². The van der Waals surface area contributed by atoms with E-state index >= 15 is 0 Å². The van der Waals surface area contributed by atoms with Crippen molar-refractivity contribution in [1.82, 2.24) is 0 Å². The van der Waals surface area contributed by atoms with Gasteiger partial charge in [-0.15, -0.1) is 0 Å². The number of rotatable bonds is 8. The van der Waals surface area contributed by atoms with Gasteiger partial charge >= 0.3 is 0 Å². The molecule has 0 saturated carbocycles. The Bertz CT molecular complexity index is 825. The SMILES string of the molecule is COc1cc(NC(=O)CCN(C(C)=O)c2cccc(C)c2)cc(OC)c1OC. The second-order valence-electron chi connectivity index (χ2n) is 6.22. The first-order valence-electron chi connectivity index (χ1n) is 8.84. The predicted octanol–water partition coefficient (Wildman–Crippen LogP) is 3.40. The van der Waals surface area contributed by atoms with Crippen LogP contribution in [-0.4, -0.2) is 39.7 Å². The van der Waals surface area contributed by atoms with E-state index in [9.17, 15) is 9.59 Å². The van der Waals surface area contributed by atoms with E-state index in [1.54, 1.807) is 17.0 Å². The number of anilines is 2. The third kappa shape index (κ3) is 5.16. The van der Waals surface area contributed by atoms with Crippen molar-refractivity contribution in [1.29, 1.82) is 0 Å². The van der Waals surface area contributed by atoms with Crippen molar-refractivity contribution >= 4 is 23.2 Å². The summed E-state index contributed by atoms with van der Waals surface area (Å²) in [7, 11) is 4.53. The Kier molecular flexibility index (Phi) is 7.26. The molecule has 150 valence electrons. The van der Waals surface area contributed by atoms with Crippen molar-refractivity contribution in [2.45, 2.75) is 20.3 Å². The summed E-state index contributed by atoms with van der Waals surface area (Å²) in [6, 6.07) is 10.9. The lowest BCUT2D eigenvalue weighted by Gasteiger charge is -2.21. The highest BCUT2D eigenvalue weighted by Gasteiger charge is 2.16. The summed E-state index contributed by atoms with van der Waals surface area (Å²) in [5, 5.41) is 2.81. The van der Waals surface area contributed by atoms with Gasteiger partial charge in [0, 0.05) is 43.4 Å². The van der Waals surface area contributed by atoms with Crippen LogP contribution in [0.4, 0.5) is 11.4 Å². The fraction of sp³-hybridized carbons (Fsp3) is 0.333. The van der Waals surface area contributed by atoms with E-state index in [4.69, 9.17) is 14.2 Å². The Morgan fingerprint density at radius 1 is 1.00 bits per heavy atom. The highest BCUT2D eigenvalue weighted by Crippen LogP contribution is 2.39. The Hall–Kier alpha value is -3.22. The fourth-order valence-electron chi connectivity index (χ4n) is 2.85. The molecule has 0 radical (unpaired) electrons.